The molecule has 1 aliphatic heterocycles. The average molecular weight is 246 g/mol. The van der Waals surface area contributed by atoms with Crippen molar-refractivity contribution in [1.29, 1.82) is 0 Å². The minimum absolute atomic E-state index is 0.120. The van der Waals surface area contributed by atoms with Gasteiger partial charge in [0.1, 0.15) is 0 Å². The summed E-state index contributed by atoms with van der Waals surface area (Å²) in [6.07, 6.45) is 0.120. The Morgan fingerprint density at radius 1 is 0.824 bits per heavy atom. The van der Waals surface area contributed by atoms with Gasteiger partial charge in [-0.15, -0.1) is 0 Å². The molecule has 3 nitrogen and oxygen atoms in total. The molecule has 1 fully saturated rings. The molecular weight excluding hydrogens is 215 g/mol. The van der Waals surface area contributed by atoms with Gasteiger partial charge in [-0.3, -0.25) is 0 Å². The van der Waals surface area contributed by atoms with Crippen LogP contribution in [0.25, 0.3) is 0 Å². The van der Waals surface area contributed by atoms with E-state index in [4.69, 9.17) is 14.0 Å². The molecule has 0 aromatic heterocycles. The molecule has 0 aliphatic carbocycles. The first-order chi connectivity index (χ1) is 7.74. The monoisotopic (exact) mass is 246 g/mol. The number of hydrogen-bond donors (Lipinski definition) is 0. The lowest BCUT2D eigenvalue weighted by atomic mass is 9.90. The van der Waals surface area contributed by atoms with Gasteiger partial charge >= 0.3 is 7.32 Å². The van der Waals surface area contributed by atoms with E-state index in [0.717, 1.165) is 0 Å². The second kappa shape index (κ2) is 8.12. The second-order valence-corrected chi connectivity index (χ2v) is 4.73. The van der Waals surface area contributed by atoms with Crippen LogP contribution in [0.15, 0.2) is 0 Å². The standard InChI is InChI=1S/C9H19BO3.2C2H6/c1-7(2)11-10-12-8(3,4)9(5,6)13-10;2*1-2/h7H,1-6H3;2*1-2H3. The van der Waals surface area contributed by atoms with Crippen LogP contribution >= 0.6 is 0 Å². The zero-order valence-electron chi connectivity index (χ0n) is 13.4. The molecule has 0 unspecified atom stereocenters. The minimum Gasteiger partial charge on any atom is -0.384 e. The van der Waals surface area contributed by atoms with E-state index in [1.54, 1.807) is 0 Å². The van der Waals surface area contributed by atoms with Crippen LogP contribution in [-0.4, -0.2) is 24.6 Å². The van der Waals surface area contributed by atoms with E-state index >= 15 is 0 Å². The van der Waals surface area contributed by atoms with Gasteiger partial charge in [-0.1, -0.05) is 27.7 Å². The van der Waals surface area contributed by atoms with Crippen molar-refractivity contribution in [2.45, 2.75) is 86.5 Å². The van der Waals surface area contributed by atoms with Crippen molar-refractivity contribution < 1.29 is 14.0 Å². The summed E-state index contributed by atoms with van der Waals surface area (Å²) in [5.41, 5.74) is -0.598. The summed E-state index contributed by atoms with van der Waals surface area (Å²) < 4.78 is 16.7. The second-order valence-electron chi connectivity index (χ2n) is 4.73. The molecule has 0 saturated carbocycles. The maximum absolute atomic E-state index is 5.63. The lowest BCUT2D eigenvalue weighted by Crippen LogP contribution is -2.41. The third kappa shape index (κ3) is 5.89. The highest BCUT2D eigenvalue weighted by atomic mass is 16.8. The Bertz CT molecular complexity index is 175. The Hall–Kier alpha value is -0.0551. The summed E-state index contributed by atoms with van der Waals surface area (Å²) >= 11 is 0. The highest BCUT2D eigenvalue weighted by Crippen LogP contribution is 2.36. The maximum atomic E-state index is 5.63. The molecule has 0 atom stereocenters. The highest BCUT2D eigenvalue weighted by Gasteiger charge is 2.53. The van der Waals surface area contributed by atoms with Crippen LogP contribution in [0.3, 0.4) is 0 Å². The Kier molecular flexibility index (Phi) is 9.21. The van der Waals surface area contributed by atoms with Crippen LogP contribution in [0, 0.1) is 0 Å². The smallest absolute Gasteiger partial charge is 0.384 e. The van der Waals surface area contributed by atoms with E-state index < -0.39 is 7.32 Å². The van der Waals surface area contributed by atoms with Gasteiger partial charge in [0.05, 0.1) is 11.2 Å². The first-order valence-electron chi connectivity index (χ1n) is 6.76. The molecule has 0 bridgehead atoms. The Labute approximate surface area is 108 Å². The van der Waals surface area contributed by atoms with Gasteiger partial charge in [-0.2, -0.15) is 0 Å². The minimum atomic E-state index is -0.523. The van der Waals surface area contributed by atoms with Crippen molar-refractivity contribution in [3.63, 3.8) is 0 Å². The van der Waals surface area contributed by atoms with Gasteiger partial charge in [0, 0.05) is 6.10 Å². The van der Waals surface area contributed by atoms with E-state index in [1.807, 2.05) is 69.2 Å². The van der Waals surface area contributed by atoms with Crippen LogP contribution in [0.1, 0.15) is 69.2 Å². The molecule has 0 radical (unpaired) electrons. The molecule has 0 N–H and O–H groups in total. The molecule has 1 saturated heterocycles. The number of hydrogen-bond acceptors (Lipinski definition) is 3. The third-order valence-corrected chi connectivity index (χ3v) is 2.61. The third-order valence-electron chi connectivity index (χ3n) is 2.61. The molecule has 1 aliphatic rings. The van der Waals surface area contributed by atoms with Crippen LogP contribution < -0.4 is 0 Å². The zero-order chi connectivity index (χ0) is 14.3. The van der Waals surface area contributed by atoms with E-state index in [9.17, 15) is 0 Å². The van der Waals surface area contributed by atoms with Gasteiger partial charge in [0.2, 0.25) is 0 Å². The predicted molar refractivity (Wildman–Crippen MR) is 75.0 cm³/mol. The lowest BCUT2D eigenvalue weighted by molar-refractivity contribution is 0.00578. The van der Waals surface area contributed by atoms with Crippen molar-refractivity contribution in [2.75, 3.05) is 0 Å². The predicted octanol–water partition coefficient (Wildman–Crippen LogP) is 4.05. The normalized spacial score (nSPS) is 20.3. The molecule has 4 heteroatoms. The van der Waals surface area contributed by atoms with E-state index in [1.165, 1.54) is 0 Å². The van der Waals surface area contributed by atoms with Crippen LogP contribution in [0.5, 0.6) is 0 Å². The SMILES string of the molecule is CC.CC.CC(C)OB1OC(C)(C)C(C)(C)O1. The van der Waals surface area contributed by atoms with Gasteiger partial charge in [-0.25, -0.2) is 0 Å². The summed E-state index contributed by atoms with van der Waals surface area (Å²) in [5, 5.41) is 0. The van der Waals surface area contributed by atoms with Crippen molar-refractivity contribution in [2.24, 2.45) is 0 Å². The van der Waals surface area contributed by atoms with Crippen molar-refractivity contribution in [3.8, 4) is 0 Å². The van der Waals surface area contributed by atoms with Crippen LogP contribution in [-0.2, 0) is 14.0 Å². The maximum Gasteiger partial charge on any atom is 0.640 e. The molecule has 0 spiro atoms. The zero-order valence-corrected chi connectivity index (χ0v) is 13.4. The molecule has 1 rings (SSSR count). The molecule has 1 heterocycles. The van der Waals surface area contributed by atoms with Gasteiger partial charge < -0.3 is 14.0 Å². The van der Waals surface area contributed by atoms with Gasteiger partial charge in [-0.05, 0) is 41.5 Å². The Balaban J connectivity index is 0. The Morgan fingerprint density at radius 2 is 1.12 bits per heavy atom. The summed E-state index contributed by atoms with van der Waals surface area (Å²) in [5.74, 6) is 0. The van der Waals surface area contributed by atoms with E-state index in [-0.39, 0.29) is 17.3 Å². The van der Waals surface area contributed by atoms with Crippen molar-refractivity contribution in [3.05, 3.63) is 0 Å². The summed E-state index contributed by atoms with van der Waals surface area (Å²) in [7, 11) is -0.523. The first-order valence-corrected chi connectivity index (χ1v) is 6.76. The topological polar surface area (TPSA) is 27.7 Å². The first kappa shape index (κ1) is 19.3. The lowest BCUT2D eigenvalue weighted by Gasteiger charge is -2.31. The number of rotatable bonds is 2. The van der Waals surface area contributed by atoms with Crippen LogP contribution in [0.2, 0.25) is 0 Å². The summed E-state index contributed by atoms with van der Waals surface area (Å²) in [4.78, 5) is 0. The molecule has 104 valence electrons. The largest absolute Gasteiger partial charge is 0.640 e. The summed E-state index contributed by atoms with van der Waals surface area (Å²) in [6.45, 7) is 20.0. The fourth-order valence-electron chi connectivity index (χ4n) is 1.07. The van der Waals surface area contributed by atoms with E-state index in [0.29, 0.717) is 0 Å². The van der Waals surface area contributed by atoms with Gasteiger partial charge in [0.15, 0.2) is 0 Å². The fraction of sp³-hybridized carbons (Fsp3) is 1.00. The highest BCUT2D eigenvalue weighted by molar-refractivity contribution is 6.37. The molecular formula is C13H31BO3. The molecule has 17 heavy (non-hydrogen) atoms. The quantitative estimate of drug-likeness (QED) is 0.688. The van der Waals surface area contributed by atoms with Crippen molar-refractivity contribution >= 4 is 7.32 Å². The van der Waals surface area contributed by atoms with Crippen molar-refractivity contribution in [1.82, 2.24) is 0 Å². The van der Waals surface area contributed by atoms with E-state index in [2.05, 4.69) is 0 Å². The molecule has 0 aromatic rings. The van der Waals surface area contributed by atoms with Crippen LogP contribution in [0.4, 0.5) is 0 Å². The Morgan fingerprint density at radius 3 is 1.35 bits per heavy atom. The molecule has 0 aromatic carbocycles. The van der Waals surface area contributed by atoms with Gasteiger partial charge in [0.25, 0.3) is 0 Å². The average Bonchev–Trinajstić information content (AvgIpc) is 2.40. The fourth-order valence-corrected chi connectivity index (χ4v) is 1.07. The summed E-state index contributed by atoms with van der Waals surface area (Å²) in [6, 6.07) is 0. The molecule has 0 amide bonds.